The van der Waals surface area contributed by atoms with Crippen LogP contribution in [-0.2, 0) is 4.79 Å². The fourth-order valence-electron chi connectivity index (χ4n) is 2.91. The third kappa shape index (κ3) is 3.59. The zero-order chi connectivity index (χ0) is 16.2. The summed E-state index contributed by atoms with van der Waals surface area (Å²) in [5.41, 5.74) is 1.33. The predicted octanol–water partition coefficient (Wildman–Crippen LogP) is 2.20. The van der Waals surface area contributed by atoms with Crippen LogP contribution in [0.15, 0.2) is 42.6 Å². The molecule has 1 saturated heterocycles. The summed E-state index contributed by atoms with van der Waals surface area (Å²) >= 11 is 0. The third-order valence-corrected chi connectivity index (χ3v) is 4.19. The summed E-state index contributed by atoms with van der Waals surface area (Å²) in [5.74, 6) is -0.691. The summed E-state index contributed by atoms with van der Waals surface area (Å²) in [6, 6.07) is 11.4. The zero-order valence-corrected chi connectivity index (χ0v) is 12.8. The second kappa shape index (κ2) is 6.64. The minimum Gasteiger partial charge on any atom is -0.481 e. The van der Waals surface area contributed by atoms with Crippen molar-refractivity contribution in [3.63, 3.8) is 0 Å². The van der Waals surface area contributed by atoms with E-state index in [1.54, 1.807) is 21.8 Å². The predicted molar refractivity (Wildman–Crippen MR) is 84.4 cm³/mol. The average Bonchev–Trinajstić information content (AvgIpc) is 3.05. The molecular weight excluding hydrogens is 294 g/mol. The highest BCUT2D eigenvalue weighted by molar-refractivity contribution is 5.92. The molecular formula is C17H19N3O3. The summed E-state index contributed by atoms with van der Waals surface area (Å²) < 4.78 is 1.68. The van der Waals surface area contributed by atoms with Gasteiger partial charge in [-0.05, 0) is 37.0 Å². The largest absolute Gasteiger partial charge is 0.481 e. The number of aromatic nitrogens is 2. The fraction of sp³-hybridized carbons (Fsp3) is 0.353. The lowest BCUT2D eigenvalue weighted by Crippen LogP contribution is -2.39. The Bertz CT molecular complexity index is 688. The number of nitrogens with zero attached hydrogens (tertiary/aromatic N) is 3. The van der Waals surface area contributed by atoms with Crippen molar-refractivity contribution in [3.05, 3.63) is 48.3 Å². The van der Waals surface area contributed by atoms with Crippen LogP contribution in [0.2, 0.25) is 0 Å². The smallest absolute Gasteiger partial charge is 0.303 e. The Kier molecular flexibility index (Phi) is 4.41. The molecule has 0 atom stereocenters. The quantitative estimate of drug-likeness (QED) is 0.939. The van der Waals surface area contributed by atoms with Gasteiger partial charge in [0.1, 0.15) is 0 Å². The van der Waals surface area contributed by atoms with E-state index in [-0.39, 0.29) is 18.2 Å². The van der Waals surface area contributed by atoms with Crippen molar-refractivity contribution in [1.82, 2.24) is 14.7 Å². The molecule has 0 unspecified atom stereocenters. The molecule has 0 spiro atoms. The van der Waals surface area contributed by atoms with E-state index >= 15 is 0 Å². The molecule has 120 valence electrons. The van der Waals surface area contributed by atoms with Gasteiger partial charge < -0.3 is 10.0 Å². The summed E-state index contributed by atoms with van der Waals surface area (Å²) in [7, 11) is 0. The summed E-state index contributed by atoms with van der Waals surface area (Å²) in [5, 5.41) is 13.2. The number of carboxylic acids is 1. The minimum absolute atomic E-state index is 0.0894. The van der Waals surface area contributed by atoms with Crippen LogP contribution in [0.3, 0.4) is 0 Å². The van der Waals surface area contributed by atoms with Gasteiger partial charge in [-0.1, -0.05) is 18.2 Å². The van der Waals surface area contributed by atoms with Crippen LogP contribution in [0.5, 0.6) is 0 Å². The first-order valence-electron chi connectivity index (χ1n) is 7.75. The monoisotopic (exact) mass is 313 g/mol. The van der Waals surface area contributed by atoms with Crippen molar-refractivity contribution in [2.45, 2.75) is 19.3 Å². The van der Waals surface area contributed by atoms with E-state index in [1.165, 1.54) is 0 Å². The molecule has 2 heterocycles. The highest BCUT2D eigenvalue weighted by atomic mass is 16.4. The molecule has 1 aliphatic rings. The van der Waals surface area contributed by atoms with Gasteiger partial charge in [0.25, 0.3) is 5.91 Å². The van der Waals surface area contributed by atoms with Gasteiger partial charge in [0.2, 0.25) is 0 Å². The molecule has 0 radical (unpaired) electrons. The molecule has 1 fully saturated rings. The van der Waals surface area contributed by atoms with Gasteiger partial charge in [-0.15, -0.1) is 0 Å². The number of hydrogen-bond acceptors (Lipinski definition) is 3. The molecule has 3 rings (SSSR count). The second-order valence-electron chi connectivity index (χ2n) is 5.81. The van der Waals surface area contributed by atoms with Crippen LogP contribution < -0.4 is 0 Å². The number of carbonyl (C=O) groups excluding carboxylic acids is 1. The molecule has 1 N–H and O–H groups in total. The number of rotatable bonds is 4. The number of carbonyl (C=O) groups is 2. The first-order valence-corrected chi connectivity index (χ1v) is 7.75. The number of hydrogen-bond donors (Lipinski definition) is 1. The molecule has 1 aromatic heterocycles. The number of benzene rings is 1. The number of carboxylic acid groups (broad SMARTS) is 1. The summed E-state index contributed by atoms with van der Waals surface area (Å²) in [6.07, 6.45) is 3.43. The molecule has 1 aromatic carbocycles. The minimum atomic E-state index is -0.767. The lowest BCUT2D eigenvalue weighted by atomic mass is 9.93. The van der Waals surface area contributed by atoms with E-state index in [9.17, 15) is 9.59 Å². The normalized spacial score (nSPS) is 15.6. The van der Waals surface area contributed by atoms with Crippen LogP contribution >= 0.6 is 0 Å². The molecule has 2 aromatic rings. The molecule has 0 aliphatic carbocycles. The van der Waals surface area contributed by atoms with Gasteiger partial charge in [-0.25, -0.2) is 4.68 Å². The van der Waals surface area contributed by atoms with Gasteiger partial charge in [0.15, 0.2) is 5.69 Å². The van der Waals surface area contributed by atoms with E-state index in [0.29, 0.717) is 18.8 Å². The van der Waals surface area contributed by atoms with Gasteiger partial charge in [0, 0.05) is 25.7 Å². The van der Waals surface area contributed by atoms with Crippen LogP contribution in [0, 0.1) is 5.92 Å². The van der Waals surface area contributed by atoms with Crippen LogP contribution in [0.4, 0.5) is 0 Å². The van der Waals surface area contributed by atoms with Crippen molar-refractivity contribution >= 4 is 11.9 Å². The Balaban J connectivity index is 1.63. The first kappa shape index (κ1) is 15.3. The number of amides is 1. The van der Waals surface area contributed by atoms with Gasteiger partial charge in [0.05, 0.1) is 5.69 Å². The fourth-order valence-corrected chi connectivity index (χ4v) is 2.91. The van der Waals surface area contributed by atoms with Crippen molar-refractivity contribution in [3.8, 4) is 5.69 Å². The molecule has 23 heavy (non-hydrogen) atoms. The maximum Gasteiger partial charge on any atom is 0.303 e. The standard InChI is InChI=1S/C17H19N3O3/c21-16(22)12-13-6-9-19(10-7-13)17(23)15-8-11-20(18-15)14-4-2-1-3-5-14/h1-5,8,11,13H,6-7,9-10,12H2,(H,21,22). The van der Waals surface area contributed by atoms with E-state index < -0.39 is 5.97 Å². The molecule has 0 bridgehead atoms. The van der Waals surface area contributed by atoms with Crippen molar-refractivity contribution in [2.24, 2.45) is 5.92 Å². The number of para-hydroxylation sites is 1. The number of aliphatic carboxylic acids is 1. The van der Waals surface area contributed by atoms with Crippen molar-refractivity contribution in [2.75, 3.05) is 13.1 Å². The van der Waals surface area contributed by atoms with E-state index in [2.05, 4.69) is 5.10 Å². The Morgan fingerprint density at radius 2 is 1.83 bits per heavy atom. The molecule has 1 amide bonds. The highest BCUT2D eigenvalue weighted by Crippen LogP contribution is 2.21. The third-order valence-electron chi connectivity index (χ3n) is 4.19. The number of piperidine rings is 1. The van der Waals surface area contributed by atoms with Crippen molar-refractivity contribution in [1.29, 1.82) is 0 Å². The first-order chi connectivity index (χ1) is 11.1. The molecule has 0 saturated carbocycles. The van der Waals surface area contributed by atoms with E-state index in [0.717, 1.165) is 18.5 Å². The van der Waals surface area contributed by atoms with Crippen LogP contribution in [0.25, 0.3) is 5.69 Å². The second-order valence-corrected chi connectivity index (χ2v) is 5.81. The summed E-state index contributed by atoms with van der Waals surface area (Å²) in [4.78, 5) is 25.0. The van der Waals surface area contributed by atoms with E-state index in [4.69, 9.17) is 5.11 Å². The van der Waals surface area contributed by atoms with E-state index in [1.807, 2.05) is 30.3 Å². The van der Waals surface area contributed by atoms with Gasteiger partial charge >= 0.3 is 5.97 Å². The number of likely N-dealkylation sites (tertiary alicyclic amines) is 1. The van der Waals surface area contributed by atoms with Gasteiger partial charge in [-0.3, -0.25) is 9.59 Å². The lowest BCUT2D eigenvalue weighted by Gasteiger charge is -2.30. The maximum atomic E-state index is 12.5. The molecule has 6 nitrogen and oxygen atoms in total. The Morgan fingerprint density at radius 3 is 2.48 bits per heavy atom. The highest BCUT2D eigenvalue weighted by Gasteiger charge is 2.26. The van der Waals surface area contributed by atoms with Crippen LogP contribution in [0.1, 0.15) is 29.8 Å². The summed E-state index contributed by atoms with van der Waals surface area (Å²) in [6.45, 7) is 1.18. The van der Waals surface area contributed by atoms with Crippen molar-refractivity contribution < 1.29 is 14.7 Å². The average molecular weight is 313 g/mol. The lowest BCUT2D eigenvalue weighted by molar-refractivity contribution is -0.138. The van der Waals surface area contributed by atoms with Gasteiger partial charge in [-0.2, -0.15) is 5.10 Å². The Labute approximate surface area is 134 Å². The Hall–Kier alpha value is -2.63. The maximum absolute atomic E-state index is 12.5. The zero-order valence-electron chi connectivity index (χ0n) is 12.8. The molecule has 1 aliphatic heterocycles. The SMILES string of the molecule is O=C(O)CC1CCN(C(=O)c2ccn(-c3ccccc3)n2)CC1. The van der Waals surface area contributed by atoms with Crippen LogP contribution in [-0.4, -0.2) is 44.8 Å². The Morgan fingerprint density at radius 1 is 1.13 bits per heavy atom. The topological polar surface area (TPSA) is 75.4 Å². The molecule has 6 heteroatoms.